The fourth-order valence-corrected chi connectivity index (χ4v) is 2.37. The molecule has 0 aromatic carbocycles. The number of rotatable bonds is 5. The number of aromatic nitrogens is 4. The average Bonchev–Trinajstić information content (AvgIpc) is 2.68. The van der Waals surface area contributed by atoms with Gasteiger partial charge in [0.15, 0.2) is 0 Å². The maximum Gasteiger partial charge on any atom is 0.333 e. The minimum absolute atomic E-state index is 0.106. The van der Waals surface area contributed by atoms with E-state index in [1.54, 1.807) is 0 Å². The van der Waals surface area contributed by atoms with Crippen molar-refractivity contribution in [2.24, 2.45) is 38.2 Å². The molecule has 0 bridgehead atoms. The zero-order valence-corrected chi connectivity index (χ0v) is 15.8. The normalized spacial score (nSPS) is 11.7. The van der Waals surface area contributed by atoms with Gasteiger partial charge in [0.2, 0.25) is 11.8 Å². The van der Waals surface area contributed by atoms with Gasteiger partial charge in [-0.1, -0.05) is 0 Å². The van der Waals surface area contributed by atoms with Gasteiger partial charge in [-0.15, -0.1) is 0 Å². The van der Waals surface area contributed by atoms with E-state index in [1.165, 1.54) is 28.2 Å². The lowest BCUT2D eigenvalue weighted by Gasteiger charge is -2.07. The second-order valence-corrected chi connectivity index (χ2v) is 5.96. The maximum absolute atomic E-state index is 12.0. The summed E-state index contributed by atoms with van der Waals surface area (Å²) < 4.78 is 3.52. The highest BCUT2D eigenvalue weighted by Crippen LogP contribution is 2.06. The lowest BCUT2D eigenvalue weighted by atomic mass is 10.3. The van der Waals surface area contributed by atoms with Crippen LogP contribution in [-0.4, -0.2) is 54.0 Å². The Kier molecular flexibility index (Phi) is 5.81. The summed E-state index contributed by atoms with van der Waals surface area (Å²) in [5.74, 6) is -1.00. The first-order chi connectivity index (χ1) is 13.1. The van der Waals surface area contributed by atoms with Crippen molar-refractivity contribution in [1.82, 2.24) is 18.3 Å². The van der Waals surface area contributed by atoms with E-state index in [1.807, 2.05) is 0 Å². The fourth-order valence-electron chi connectivity index (χ4n) is 2.37. The van der Waals surface area contributed by atoms with Crippen LogP contribution in [0.15, 0.2) is 29.2 Å². The molecule has 0 amide bonds. The quantitative estimate of drug-likeness (QED) is 0.421. The monoisotopic (exact) mass is 392 g/mol. The molecule has 2 aromatic heterocycles. The van der Waals surface area contributed by atoms with E-state index in [4.69, 9.17) is 0 Å². The van der Waals surface area contributed by atoms with Crippen LogP contribution in [0.2, 0.25) is 0 Å². The van der Waals surface area contributed by atoms with Gasteiger partial charge in [-0.2, -0.15) is 0 Å². The molecule has 0 atom stereocenters. The van der Waals surface area contributed by atoms with Gasteiger partial charge in [0.25, 0.3) is 11.1 Å². The van der Waals surface area contributed by atoms with Gasteiger partial charge in [-0.05, 0) is 0 Å². The average molecular weight is 392 g/mol. The van der Waals surface area contributed by atoms with Crippen molar-refractivity contribution in [2.75, 3.05) is 13.1 Å². The summed E-state index contributed by atoms with van der Waals surface area (Å²) in [6, 6.07) is 0. The third-order valence-electron chi connectivity index (χ3n) is 4.13. The summed E-state index contributed by atoms with van der Waals surface area (Å²) >= 11 is 0. The first-order valence-corrected chi connectivity index (χ1v) is 8.07. The molecule has 2 N–H and O–H groups in total. The number of nitrogens with zero attached hydrogens (tertiary/aromatic N) is 6. The smallest absolute Gasteiger partial charge is 0.333 e. The van der Waals surface area contributed by atoms with E-state index >= 15 is 0 Å². The lowest BCUT2D eigenvalue weighted by Crippen LogP contribution is -2.38. The van der Waals surface area contributed by atoms with E-state index in [9.17, 15) is 29.4 Å². The van der Waals surface area contributed by atoms with Crippen molar-refractivity contribution in [3.05, 3.63) is 52.8 Å². The van der Waals surface area contributed by atoms with E-state index < -0.39 is 34.3 Å². The molecule has 2 aromatic rings. The van der Waals surface area contributed by atoms with Crippen LogP contribution in [0.3, 0.4) is 0 Å². The number of hydrogen-bond donors (Lipinski definition) is 2. The summed E-state index contributed by atoms with van der Waals surface area (Å²) in [5.41, 5.74) is -2.99. The first kappa shape index (κ1) is 20.6. The summed E-state index contributed by atoms with van der Waals surface area (Å²) in [6.45, 7) is 0.212. The summed E-state index contributed by atoms with van der Waals surface area (Å²) in [6.07, 6.45) is 2.27. The van der Waals surface area contributed by atoms with Crippen LogP contribution in [0.1, 0.15) is 11.1 Å². The van der Waals surface area contributed by atoms with E-state index in [0.717, 1.165) is 30.7 Å². The lowest BCUT2D eigenvalue weighted by molar-refractivity contribution is 0.410. The fraction of sp³-hybridized carbons (Fsp3) is 0.375. The minimum Gasteiger partial charge on any atom is -0.494 e. The van der Waals surface area contributed by atoms with Crippen molar-refractivity contribution in [2.45, 2.75) is 0 Å². The van der Waals surface area contributed by atoms with Gasteiger partial charge in [0, 0.05) is 40.6 Å². The van der Waals surface area contributed by atoms with Crippen LogP contribution < -0.4 is 22.5 Å². The molecular formula is C16H20N6O6. The molecule has 0 fully saturated rings. The Balaban J connectivity index is 2.17. The summed E-state index contributed by atoms with van der Waals surface area (Å²) in [5, 5.41) is 19.8. The largest absolute Gasteiger partial charge is 0.494 e. The van der Waals surface area contributed by atoms with Crippen molar-refractivity contribution in [3.63, 3.8) is 0 Å². The molecule has 0 saturated carbocycles. The SMILES string of the molecule is Cn1c(O)c(C=NCCN=Cc2c(O)n(C)c(=O)n(C)c2=O)c(=O)n(C)c1=O. The molecule has 0 aliphatic heterocycles. The molecule has 0 unspecified atom stereocenters. The Morgan fingerprint density at radius 3 is 1.32 bits per heavy atom. The van der Waals surface area contributed by atoms with Crippen molar-refractivity contribution in [1.29, 1.82) is 0 Å². The molecule has 2 rings (SSSR count). The molecule has 0 radical (unpaired) electrons. The zero-order valence-electron chi connectivity index (χ0n) is 15.8. The Morgan fingerprint density at radius 2 is 1.00 bits per heavy atom. The maximum atomic E-state index is 12.0. The minimum atomic E-state index is -0.688. The van der Waals surface area contributed by atoms with Gasteiger partial charge in [0.05, 0.1) is 13.1 Å². The highest BCUT2D eigenvalue weighted by molar-refractivity contribution is 5.82. The second-order valence-electron chi connectivity index (χ2n) is 5.96. The molecule has 2 heterocycles. The van der Waals surface area contributed by atoms with Crippen LogP contribution >= 0.6 is 0 Å². The molecule has 0 saturated heterocycles. The number of aromatic hydroxyl groups is 2. The Labute approximate surface area is 157 Å². The topological polar surface area (TPSA) is 153 Å². The van der Waals surface area contributed by atoms with E-state index in [2.05, 4.69) is 9.98 Å². The van der Waals surface area contributed by atoms with E-state index in [0.29, 0.717) is 0 Å². The number of hydrogen-bond acceptors (Lipinski definition) is 8. The Hall–Kier alpha value is -3.70. The van der Waals surface area contributed by atoms with Gasteiger partial charge < -0.3 is 10.2 Å². The summed E-state index contributed by atoms with van der Waals surface area (Å²) in [4.78, 5) is 55.3. The molecule has 150 valence electrons. The second kappa shape index (κ2) is 7.90. The van der Waals surface area contributed by atoms with Gasteiger partial charge >= 0.3 is 11.4 Å². The first-order valence-electron chi connectivity index (χ1n) is 8.07. The van der Waals surface area contributed by atoms with Crippen molar-refractivity contribution < 1.29 is 10.2 Å². The van der Waals surface area contributed by atoms with Gasteiger partial charge in [0.1, 0.15) is 11.1 Å². The molecule has 28 heavy (non-hydrogen) atoms. The molecule has 0 spiro atoms. The third-order valence-corrected chi connectivity index (χ3v) is 4.13. The Bertz CT molecular complexity index is 1120. The van der Waals surface area contributed by atoms with Crippen molar-refractivity contribution >= 4 is 12.4 Å². The highest BCUT2D eigenvalue weighted by atomic mass is 16.3. The Morgan fingerprint density at radius 1 is 0.679 bits per heavy atom. The standard InChI is InChI=1S/C16H20N6O6/c1-19-11(23)9(12(24)20(2)15(19)27)7-17-5-6-18-8-10-13(25)21(3)16(28)22(4)14(10)26/h7-8,23,25H,5-6H2,1-4H3. The number of aliphatic imine (C=N–C) groups is 2. The predicted molar refractivity (Wildman–Crippen MR) is 102 cm³/mol. The van der Waals surface area contributed by atoms with Crippen LogP contribution in [-0.2, 0) is 28.2 Å². The van der Waals surface area contributed by atoms with Gasteiger partial charge in [-0.25, -0.2) is 9.59 Å². The molecule has 12 heteroatoms. The van der Waals surface area contributed by atoms with Gasteiger partial charge in [-0.3, -0.25) is 37.8 Å². The van der Waals surface area contributed by atoms with Crippen molar-refractivity contribution in [3.8, 4) is 11.8 Å². The molecule has 0 aliphatic carbocycles. The van der Waals surface area contributed by atoms with Crippen LogP contribution in [0.5, 0.6) is 11.8 Å². The predicted octanol–water partition coefficient (Wildman–Crippen LogP) is -2.57. The van der Waals surface area contributed by atoms with Crippen LogP contribution in [0.25, 0.3) is 0 Å². The van der Waals surface area contributed by atoms with E-state index in [-0.39, 0.29) is 24.2 Å². The highest BCUT2D eigenvalue weighted by Gasteiger charge is 2.13. The molecular weight excluding hydrogens is 372 g/mol. The third kappa shape index (κ3) is 3.56. The van der Waals surface area contributed by atoms with Crippen LogP contribution in [0, 0.1) is 0 Å². The molecule has 0 aliphatic rings. The zero-order chi connectivity index (χ0) is 21.2. The summed E-state index contributed by atoms with van der Waals surface area (Å²) in [7, 11) is 5.20. The van der Waals surface area contributed by atoms with Crippen LogP contribution in [0.4, 0.5) is 0 Å². The molecule has 12 nitrogen and oxygen atoms in total.